The molecule has 23 heavy (non-hydrogen) atoms. The zero-order chi connectivity index (χ0) is 16.5. The Hall–Kier alpha value is -3.07. The van der Waals surface area contributed by atoms with Crippen LogP contribution in [0, 0.1) is 0 Å². The molecule has 3 aromatic rings. The number of aromatic hydroxyl groups is 1. The zero-order valence-corrected chi connectivity index (χ0v) is 12.6. The summed E-state index contributed by atoms with van der Waals surface area (Å²) in [4.78, 5) is 10.2. The highest BCUT2D eigenvalue weighted by Gasteiger charge is 1.99. The van der Waals surface area contributed by atoms with Gasteiger partial charge in [0.25, 0.3) is 0 Å². The molecule has 2 N–H and O–H groups in total. The normalized spacial score (nSPS) is 9.57. The molecule has 0 unspecified atom stereocenters. The van der Waals surface area contributed by atoms with Crippen LogP contribution in [0.5, 0.6) is 5.75 Å². The van der Waals surface area contributed by atoms with E-state index in [0.717, 1.165) is 6.42 Å². The Bertz CT molecular complexity index is 682. The van der Waals surface area contributed by atoms with Crippen molar-refractivity contribution in [2.75, 3.05) is 0 Å². The second kappa shape index (κ2) is 8.39. The van der Waals surface area contributed by atoms with E-state index in [4.69, 9.17) is 10.2 Å². The van der Waals surface area contributed by atoms with Crippen LogP contribution in [-0.4, -0.2) is 16.2 Å². The van der Waals surface area contributed by atoms with Gasteiger partial charge in [-0.25, -0.2) is 4.79 Å². The van der Waals surface area contributed by atoms with Crippen molar-refractivity contribution < 1.29 is 15.0 Å². The van der Waals surface area contributed by atoms with Gasteiger partial charge >= 0.3 is 5.97 Å². The third kappa shape index (κ3) is 5.67. The molecular weight excluding hydrogens is 288 g/mol. The maximum Gasteiger partial charge on any atom is 0.335 e. The zero-order valence-electron chi connectivity index (χ0n) is 12.6. The molecule has 0 saturated carbocycles. The van der Waals surface area contributed by atoms with Gasteiger partial charge in [-0.2, -0.15) is 0 Å². The lowest BCUT2D eigenvalue weighted by Crippen LogP contribution is -1.93. The van der Waals surface area contributed by atoms with E-state index in [9.17, 15) is 4.79 Å². The molecule has 0 atom stereocenters. The number of phenols is 1. The van der Waals surface area contributed by atoms with Gasteiger partial charge in [-0.05, 0) is 41.8 Å². The summed E-state index contributed by atoms with van der Waals surface area (Å²) >= 11 is 0. The molecule has 0 radical (unpaired) electrons. The van der Waals surface area contributed by atoms with Crippen molar-refractivity contribution in [2.45, 2.75) is 6.42 Å². The van der Waals surface area contributed by atoms with Gasteiger partial charge in [0, 0.05) is 0 Å². The maximum absolute atomic E-state index is 10.2. The van der Waals surface area contributed by atoms with Crippen molar-refractivity contribution in [3.8, 4) is 5.75 Å². The second-order valence-electron chi connectivity index (χ2n) is 5.00. The second-order valence-corrected chi connectivity index (χ2v) is 5.00. The number of carbonyl (C=O) groups is 1. The Balaban J connectivity index is 0.000000174. The lowest BCUT2D eigenvalue weighted by Gasteiger charge is -2.00. The van der Waals surface area contributed by atoms with Crippen molar-refractivity contribution in [2.24, 2.45) is 0 Å². The van der Waals surface area contributed by atoms with E-state index in [2.05, 4.69) is 60.7 Å². The Morgan fingerprint density at radius 1 is 0.696 bits per heavy atom. The van der Waals surface area contributed by atoms with E-state index < -0.39 is 5.97 Å². The van der Waals surface area contributed by atoms with Crippen molar-refractivity contribution in [3.63, 3.8) is 0 Å². The van der Waals surface area contributed by atoms with Crippen molar-refractivity contribution >= 4 is 5.97 Å². The molecule has 3 aromatic carbocycles. The van der Waals surface area contributed by atoms with Crippen LogP contribution in [0.4, 0.5) is 0 Å². The van der Waals surface area contributed by atoms with Gasteiger partial charge in [-0.1, -0.05) is 60.7 Å². The van der Waals surface area contributed by atoms with Crippen LogP contribution in [0.3, 0.4) is 0 Å². The van der Waals surface area contributed by atoms with Gasteiger partial charge in [-0.15, -0.1) is 0 Å². The first-order chi connectivity index (χ1) is 11.1. The minimum Gasteiger partial charge on any atom is -0.508 e. The van der Waals surface area contributed by atoms with E-state index in [1.807, 2.05) is 0 Å². The molecule has 0 aliphatic heterocycles. The average molecular weight is 306 g/mol. The maximum atomic E-state index is 10.2. The minimum absolute atomic E-state index is 0.0741. The van der Waals surface area contributed by atoms with Gasteiger partial charge in [-0.3, -0.25) is 0 Å². The number of hydrogen-bond donors (Lipinski definition) is 2. The summed E-state index contributed by atoms with van der Waals surface area (Å²) in [5.74, 6) is -0.912. The third-order valence-corrected chi connectivity index (χ3v) is 3.21. The van der Waals surface area contributed by atoms with Gasteiger partial charge in [0.2, 0.25) is 0 Å². The molecule has 3 rings (SSSR count). The van der Waals surface area contributed by atoms with Gasteiger partial charge in [0.15, 0.2) is 0 Å². The first kappa shape index (κ1) is 16.3. The summed E-state index contributed by atoms with van der Waals surface area (Å²) in [6.07, 6.45) is 1.03. The van der Waals surface area contributed by atoms with Gasteiger partial charge in [0.1, 0.15) is 5.75 Å². The Morgan fingerprint density at radius 2 is 1.13 bits per heavy atom. The predicted molar refractivity (Wildman–Crippen MR) is 90.8 cm³/mol. The van der Waals surface area contributed by atoms with E-state index >= 15 is 0 Å². The first-order valence-electron chi connectivity index (χ1n) is 7.25. The molecule has 0 saturated heterocycles. The summed E-state index contributed by atoms with van der Waals surface area (Å²) in [5.41, 5.74) is 2.92. The Morgan fingerprint density at radius 3 is 1.52 bits per heavy atom. The molecule has 0 spiro atoms. The molecule has 0 heterocycles. The molecule has 0 amide bonds. The highest BCUT2D eigenvalue weighted by Crippen LogP contribution is 2.09. The van der Waals surface area contributed by atoms with Crippen LogP contribution in [0.2, 0.25) is 0 Å². The number of rotatable bonds is 3. The topological polar surface area (TPSA) is 57.5 Å². The summed E-state index contributed by atoms with van der Waals surface area (Å²) < 4.78 is 0. The SMILES string of the molecule is O=C(O)c1ccc(O)cc1.c1ccc(Cc2ccccc2)cc1. The highest BCUT2D eigenvalue weighted by molar-refractivity contribution is 5.87. The number of carboxylic acid groups (broad SMARTS) is 1. The van der Waals surface area contributed by atoms with E-state index in [-0.39, 0.29) is 11.3 Å². The Labute approximate surface area is 135 Å². The highest BCUT2D eigenvalue weighted by atomic mass is 16.4. The van der Waals surface area contributed by atoms with Crippen molar-refractivity contribution in [3.05, 3.63) is 102 Å². The number of benzene rings is 3. The molecule has 0 aromatic heterocycles. The molecule has 0 aliphatic carbocycles. The Kier molecular flexibility index (Phi) is 5.95. The minimum atomic E-state index is -0.986. The summed E-state index contributed by atoms with van der Waals surface area (Å²) in [6.45, 7) is 0. The predicted octanol–water partition coefficient (Wildman–Crippen LogP) is 4.37. The molecule has 3 heteroatoms. The van der Waals surface area contributed by atoms with Gasteiger partial charge < -0.3 is 10.2 Å². The van der Waals surface area contributed by atoms with Crippen LogP contribution in [0.1, 0.15) is 21.5 Å². The fraction of sp³-hybridized carbons (Fsp3) is 0.0500. The fourth-order valence-electron chi connectivity index (χ4n) is 2.03. The lowest BCUT2D eigenvalue weighted by molar-refractivity contribution is 0.0697. The van der Waals surface area contributed by atoms with Crippen LogP contribution in [0.25, 0.3) is 0 Å². The van der Waals surface area contributed by atoms with Crippen LogP contribution in [0.15, 0.2) is 84.9 Å². The lowest BCUT2D eigenvalue weighted by atomic mass is 10.1. The van der Waals surface area contributed by atoms with E-state index in [1.54, 1.807) is 0 Å². The largest absolute Gasteiger partial charge is 0.508 e. The molecular formula is C20H18O3. The smallest absolute Gasteiger partial charge is 0.335 e. The van der Waals surface area contributed by atoms with Crippen molar-refractivity contribution in [1.82, 2.24) is 0 Å². The van der Waals surface area contributed by atoms with Crippen molar-refractivity contribution in [1.29, 1.82) is 0 Å². The summed E-state index contributed by atoms with van der Waals surface area (Å²) in [6, 6.07) is 26.4. The van der Waals surface area contributed by atoms with E-state index in [1.165, 1.54) is 35.4 Å². The molecule has 116 valence electrons. The number of hydrogen-bond acceptors (Lipinski definition) is 2. The first-order valence-corrected chi connectivity index (χ1v) is 7.25. The third-order valence-electron chi connectivity index (χ3n) is 3.21. The van der Waals surface area contributed by atoms with Crippen LogP contribution >= 0.6 is 0 Å². The van der Waals surface area contributed by atoms with Crippen LogP contribution < -0.4 is 0 Å². The average Bonchev–Trinajstić information content (AvgIpc) is 2.58. The number of aromatic carboxylic acids is 1. The number of phenolic OH excluding ortho intramolecular Hbond substituents is 1. The molecule has 3 nitrogen and oxygen atoms in total. The summed E-state index contributed by atoms with van der Waals surface area (Å²) in [7, 11) is 0. The van der Waals surface area contributed by atoms with Gasteiger partial charge in [0.05, 0.1) is 5.56 Å². The number of carboxylic acids is 1. The molecule has 0 bridgehead atoms. The molecule has 0 aliphatic rings. The van der Waals surface area contributed by atoms with Crippen LogP contribution in [-0.2, 0) is 6.42 Å². The molecule has 0 fully saturated rings. The standard InChI is InChI=1S/C13H12.C7H6O3/c1-3-7-12(8-4-1)11-13-9-5-2-6-10-13;8-6-3-1-5(2-4-6)7(9)10/h1-10H,11H2;1-4,8H,(H,9,10). The monoisotopic (exact) mass is 306 g/mol. The summed E-state index contributed by atoms with van der Waals surface area (Å²) in [5, 5.41) is 17.1. The quantitative estimate of drug-likeness (QED) is 0.755. The fourth-order valence-corrected chi connectivity index (χ4v) is 2.03. The van der Waals surface area contributed by atoms with E-state index in [0.29, 0.717) is 0 Å².